The van der Waals surface area contributed by atoms with Crippen molar-refractivity contribution in [1.29, 1.82) is 5.26 Å². The summed E-state index contributed by atoms with van der Waals surface area (Å²) < 4.78 is 0. The van der Waals surface area contributed by atoms with Gasteiger partial charge in [0.2, 0.25) is 5.91 Å². The van der Waals surface area contributed by atoms with Gasteiger partial charge in [-0.25, -0.2) is 0 Å². The molecule has 2 aliphatic heterocycles. The number of carbonyl (C=O) groups excluding carboxylic acids is 1. The van der Waals surface area contributed by atoms with Gasteiger partial charge in [-0.3, -0.25) is 4.79 Å². The lowest BCUT2D eigenvalue weighted by Gasteiger charge is -2.27. The molecule has 4 nitrogen and oxygen atoms in total. The second-order valence-electron chi connectivity index (χ2n) is 4.54. The van der Waals surface area contributed by atoms with Gasteiger partial charge in [0.1, 0.15) is 11.6 Å². The van der Waals surface area contributed by atoms with Crippen LogP contribution in [0.25, 0.3) is 0 Å². The Morgan fingerprint density at radius 3 is 2.81 bits per heavy atom. The van der Waals surface area contributed by atoms with E-state index in [4.69, 9.17) is 11.0 Å². The van der Waals surface area contributed by atoms with E-state index in [-0.39, 0.29) is 35.6 Å². The number of hydrogen-bond acceptors (Lipinski definition) is 4. The standard InChI is InChI=1S/C10H15N3OS.ClH/c1-6(2)10(12)3-8-13(9(10)14)7(4-11)5-15-8;/h6-8H,3,5,12H2,1-2H3;1H/t7-,8+,10+;/m1./s1. The van der Waals surface area contributed by atoms with Crippen molar-refractivity contribution in [3.63, 3.8) is 0 Å². The fourth-order valence-electron chi connectivity index (χ4n) is 2.19. The predicted octanol–water partition coefficient (Wildman–Crippen LogP) is 0.959. The number of nitrogens with zero attached hydrogens (tertiary/aromatic N) is 2. The third kappa shape index (κ3) is 1.69. The van der Waals surface area contributed by atoms with E-state index in [1.807, 2.05) is 13.8 Å². The van der Waals surface area contributed by atoms with E-state index >= 15 is 0 Å². The minimum Gasteiger partial charge on any atom is -0.317 e. The first-order valence-corrected chi connectivity index (χ1v) is 6.18. The van der Waals surface area contributed by atoms with E-state index < -0.39 is 5.54 Å². The fraction of sp³-hybridized carbons (Fsp3) is 0.800. The molecule has 2 aliphatic rings. The van der Waals surface area contributed by atoms with E-state index in [0.29, 0.717) is 6.42 Å². The van der Waals surface area contributed by atoms with Gasteiger partial charge in [-0.2, -0.15) is 5.26 Å². The van der Waals surface area contributed by atoms with Crippen molar-refractivity contribution in [2.45, 2.75) is 37.2 Å². The lowest BCUT2D eigenvalue weighted by Crippen LogP contribution is -2.53. The van der Waals surface area contributed by atoms with Crippen molar-refractivity contribution in [1.82, 2.24) is 4.90 Å². The van der Waals surface area contributed by atoms with Crippen molar-refractivity contribution >= 4 is 30.1 Å². The summed E-state index contributed by atoms with van der Waals surface area (Å²) in [4.78, 5) is 13.8. The molecule has 1 amide bonds. The number of nitriles is 1. The number of fused-ring (bicyclic) bond motifs is 1. The molecular weight excluding hydrogens is 246 g/mol. The Hall–Kier alpha value is -0.440. The number of nitrogens with two attached hydrogens (primary N) is 1. The average Bonchev–Trinajstić information content (AvgIpc) is 2.68. The molecule has 0 saturated carbocycles. The highest BCUT2D eigenvalue weighted by Crippen LogP contribution is 2.43. The maximum atomic E-state index is 12.2. The zero-order valence-electron chi connectivity index (χ0n) is 9.34. The summed E-state index contributed by atoms with van der Waals surface area (Å²) in [5, 5.41) is 9.06. The Morgan fingerprint density at radius 2 is 2.31 bits per heavy atom. The SMILES string of the molecule is CC(C)[C@@]1(N)C[C@@H]2SC[C@@H](C#N)N2C1=O.Cl. The molecule has 3 atom stereocenters. The summed E-state index contributed by atoms with van der Waals surface area (Å²) in [5.74, 6) is 0.802. The van der Waals surface area contributed by atoms with Crippen LogP contribution in [-0.2, 0) is 4.79 Å². The summed E-state index contributed by atoms with van der Waals surface area (Å²) in [6, 6.07) is 1.89. The van der Waals surface area contributed by atoms with Gasteiger partial charge in [-0.15, -0.1) is 24.2 Å². The second-order valence-corrected chi connectivity index (χ2v) is 5.76. The highest BCUT2D eigenvalue weighted by atomic mass is 35.5. The van der Waals surface area contributed by atoms with Crippen LogP contribution < -0.4 is 5.73 Å². The van der Waals surface area contributed by atoms with Gasteiger partial charge in [0.05, 0.1) is 11.4 Å². The molecule has 2 saturated heterocycles. The Kier molecular flexibility index (Phi) is 3.78. The van der Waals surface area contributed by atoms with Crippen LogP contribution in [0.4, 0.5) is 0 Å². The van der Waals surface area contributed by atoms with Gasteiger partial charge in [-0.1, -0.05) is 13.8 Å². The van der Waals surface area contributed by atoms with Gasteiger partial charge < -0.3 is 10.6 Å². The summed E-state index contributed by atoms with van der Waals surface area (Å²) in [7, 11) is 0. The zero-order valence-corrected chi connectivity index (χ0v) is 11.0. The van der Waals surface area contributed by atoms with Crippen molar-refractivity contribution in [3.05, 3.63) is 0 Å². The van der Waals surface area contributed by atoms with Crippen LogP contribution in [0.1, 0.15) is 20.3 Å². The Morgan fingerprint density at radius 1 is 1.69 bits per heavy atom. The number of carbonyl (C=O) groups is 1. The molecule has 2 N–H and O–H groups in total. The second kappa shape index (κ2) is 4.44. The van der Waals surface area contributed by atoms with Gasteiger partial charge >= 0.3 is 0 Å². The van der Waals surface area contributed by atoms with Crippen LogP contribution >= 0.6 is 24.2 Å². The molecule has 0 aromatic carbocycles. The zero-order chi connectivity index (χ0) is 11.2. The fourth-order valence-corrected chi connectivity index (χ4v) is 3.63. The predicted molar refractivity (Wildman–Crippen MR) is 66.1 cm³/mol. The molecular formula is C10H16ClN3OS. The third-order valence-corrected chi connectivity index (χ3v) is 4.70. The normalized spacial score (nSPS) is 37.2. The maximum Gasteiger partial charge on any atom is 0.245 e. The Bertz CT molecular complexity index is 343. The first-order chi connectivity index (χ1) is 7.00. The highest BCUT2D eigenvalue weighted by molar-refractivity contribution is 8.00. The lowest BCUT2D eigenvalue weighted by atomic mass is 9.86. The Labute approximate surface area is 106 Å². The molecule has 0 spiro atoms. The molecule has 0 aliphatic carbocycles. The first-order valence-electron chi connectivity index (χ1n) is 5.13. The minimum absolute atomic E-state index is 0. The largest absolute Gasteiger partial charge is 0.317 e. The molecule has 2 rings (SSSR count). The number of rotatable bonds is 1. The molecule has 0 radical (unpaired) electrons. The quantitative estimate of drug-likeness (QED) is 0.763. The van der Waals surface area contributed by atoms with E-state index in [1.54, 1.807) is 16.7 Å². The molecule has 0 bridgehead atoms. The van der Waals surface area contributed by atoms with Crippen molar-refractivity contribution < 1.29 is 4.79 Å². The van der Waals surface area contributed by atoms with E-state index in [1.165, 1.54) is 0 Å². The number of hydrogen-bond donors (Lipinski definition) is 1. The minimum atomic E-state index is -0.757. The van der Waals surface area contributed by atoms with Crippen molar-refractivity contribution in [2.75, 3.05) is 5.75 Å². The summed E-state index contributed by atoms with van der Waals surface area (Å²) in [6.07, 6.45) is 0.673. The number of thioether (sulfide) groups is 1. The van der Waals surface area contributed by atoms with Crippen LogP contribution in [-0.4, -0.2) is 33.5 Å². The molecule has 0 aromatic rings. The highest BCUT2D eigenvalue weighted by Gasteiger charge is 2.55. The summed E-state index contributed by atoms with van der Waals surface area (Å²) >= 11 is 1.67. The number of amides is 1. The molecule has 90 valence electrons. The lowest BCUT2D eigenvalue weighted by molar-refractivity contribution is -0.134. The monoisotopic (exact) mass is 261 g/mol. The first kappa shape index (κ1) is 13.6. The van der Waals surface area contributed by atoms with E-state index in [0.717, 1.165) is 5.75 Å². The summed E-state index contributed by atoms with van der Waals surface area (Å²) in [6.45, 7) is 3.93. The van der Waals surface area contributed by atoms with Gasteiger partial charge in [0.25, 0.3) is 0 Å². The summed E-state index contributed by atoms with van der Waals surface area (Å²) in [5.41, 5.74) is 5.38. The average molecular weight is 262 g/mol. The molecule has 16 heavy (non-hydrogen) atoms. The van der Waals surface area contributed by atoms with E-state index in [9.17, 15) is 4.79 Å². The van der Waals surface area contributed by atoms with Gasteiger partial charge in [-0.05, 0) is 5.92 Å². The molecule has 2 heterocycles. The third-order valence-electron chi connectivity index (χ3n) is 3.42. The maximum absolute atomic E-state index is 12.2. The van der Waals surface area contributed by atoms with Crippen LogP contribution in [0.3, 0.4) is 0 Å². The van der Waals surface area contributed by atoms with Crippen molar-refractivity contribution in [2.24, 2.45) is 11.7 Å². The Balaban J connectivity index is 0.00000128. The van der Waals surface area contributed by atoms with Crippen LogP contribution in [0.15, 0.2) is 0 Å². The smallest absolute Gasteiger partial charge is 0.245 e. The van der Waals surface area contributed by atoms with Crippen molar-refractivity contribution in [3.8, 4) is 6.07 Å². The number of halogens is 1. The van der Waals surface area contributed by atoms with E-state index in [2.05, 4.69) is 6.07 Å². The molecule has 0 unspecified atom stereocenters. The topological polar surface area (TPSA) is 70.1 Å². The molecule has 6 heteroatoms. The van der Waals surface area contributed by atoms with Gasteiger partial charge in [0, 0.05) is 12.2 Å². The molecule has 2 fully saturated rings. The van der Waals surface area contributed by atoms with Crippen LogP contribution in [0.2, 0.25) is 0 Å². The van der Waals surface area contributed by atoms with Crippen LogP contribution in [0, 0.1) is 17.2 Å². The van der Waals surface area contributed by atoms with Crippen LogP contribution in [0.5, 0.6) is 0 Å². The molecule has 0 aromatic heterocycles. The van der Waals surface area contributed by atoms with Gasteiger partial charge in [0.15, 0.2) is 0 Å².